The Hall–Kier alpha value is -10.4. The lowest BCUT2D eigenvalue weighted by atomic mass is 10.0. The molecule has 9 aromatic rings. The van der Waals surface area contributed by atoms with Gasteiger partial charge in [0.15, 0.2) is 0 Å². The number of hydrogen-bond donors (Lipinski definition) is 6. The molecule has 0 aliphatic carbocycles. The minimum atomic E-state index is -1.06. The molecule has 9 rings (SSSR count). The Morgan fingerprint density at radius 2 is 0.709 bits per heavy atom. The number of halogens is 6. The molecule has 634 valence electrons. The van der Waals surface area contributed by atoms with Crippen molar-refractivity contribution >= 4 is 158 Å². The third-order valence-corrected chi connectivity index (χ3v) is 14.1. The maximum absolute atomic E-state index is 11.9. The van der Waals surface area contributed by atoms with E-state index in [1.807, 2.05) is 159 Å². The van der Waals surface area contributed by atoms with Gasteiger partial charge in [-0.3, -0.25) is 36.0 Å². The molecule has 6 aromatic heterocycles. The molecule has 4 amide bonds. The lowest BCUT2D eigenvalue weighted by molar-refractivity contribution is -0.140. The molecular weight excluding hydrogens is 1720 g/mol. The van der Waals surface area contributed by atoms with Crippen LogP contribution in [0.5, 0.6) is 0 Å². The van der Waals surface area contributed by atoms with E-state index in [9.17, 15) is 33.6 Å². The first-order chi connectivity index (χ1) is 53.7. The molecule has 33 heteroatoms. The lowest BCUT2D eigenvalue weighted by Crippen LogP contribution is -2.29. The number of hydrogen-bond acceptors (Lipinski definition) is 23. The predicted molar refractivity (Wildman–Crippen MR) is 475 cm³/mol. The Morgan fingerprint density at radius 3 is 1.05 bits per heavy atom. The van der Waals surface area contributed by atoms with Crippen LogP contribution in [0.15, 0.2) is 177 Å². The summed E-state index contributed by atoms with van der Waals surface area (Å²) in [5, 5.41) is 12.2. The quantitative estimate of drug-likeness (QED) is 0.0270. The van der Waals surface area contributed by atoms with Crippen LogP contribution in [0, 0.1) is 17.4 Å². The van der Waals surface area contributed by atoms with E-state index in [2.05, 4.69) is 83.2 Å². The maximum Gasteiger partial charge on any atom is 0.519 e. The van der Waals surface area contributed by atoms with Gasteiger partial charge < -0.3 is 49.4 Å². The number of nitrogen functional groups attached to an aromatic ring is 2. The van der Waals surface area contributed by atoms with Crippen LogP contribution in [0.1, 0.15) is 150 Å². The molecule has 0 bridgehead atoms. The predicted octanol–water partition coefficient (Wildman–Crippen LogP) is 23.7. The normalized spacial score (nSPS) is 10.6. The van der Waals surface area contributed by atoms with E-state index in [0.717, 1.165) is 54.0 Å². The van der Waals surface area contributed by atoms with Gasteiger partial charge >= 0.3 is 42.7 Å². The molecule has 117 heavy (non-hydrogen) atoms. The highest BCUT2D eigenvalue weighted by atomic mass is 127. The molecule has 0 radical (unpaired) electrons. The van der Waals surface area contributed by atoms with Crippen molar-refractivity contribution in [3.63, 3.8) is 0 Å². The van der Waals surface area contributed by atoms with Gasteiger partial charge in [0.25, 0.3) is 0 Å². The third-order valence-electron chi connectivity index (χ3n) is 12.4. The van der Waals surface area contributed by atoms with Gasteiger partial charge in [-0.1, -0.05) is 137 Å². The zero-order valence-electron chi connectivity index (χ0n) is 69.7. The van der Waals surface area contributed by atoms with Crippen molar-refractivity contribution < 1.29 is 71.5 Å². The molecule has 0 fully saturated rings. The fraction of sp³-hybridized carbons (Fsp3) is 0.345. The topological polar surface area (TPSA) is 371 Å². The van der Waals surface area contributed by atoms with Gasteiger partial charge in [-0.25, -0.2) is 48.7 Å². The number of nitrogens with two attached hydrogens (primary N) is 2. The minimum absolute atomic E-state index is 0. The summed E-state index contributed by atoms with van der Waals surface area (Å²) in [7, 11) is 0. The minimum Gasteiger partial charge on any atom is -0.466 e. The standard InChI is InChI=1S/C17H20N2O2.C16H17ClN2O2.C12H12N2.C10H12ClIN2O2.C10H13ClN2O2.C10H18O5.C5H5ClN2.C4H8O2.ClH/c1-12-10-14(13-8-6-5-7-9-13)15(11-18-12)19-16(20)21-17(2,3)4;1-16(2,3)21-15(20)19-13-10-18-14(17)9-12(13)11-7-5-4-6-8-11;1-9-7-11(12(13)8-14-9)10-5-3-2-4-6-10;1-10(2,3)16-9(15)14-7-5-13-8(11)4-6(7)12;1-10(2,3)15-9(14)13-7-4-5-8(11)12-6-7;1-9(2,3)14-7(11)13-8(12)15-10(4,5)6;6-5-2-1-4(7)3-8-5;1-3-6-4(2)5;/h5-11H,1-4H3,(H,19,20);4-10H,1-3H3,(H,19,20);2-8H,13H2,1H3;4-5H,1-3H3,(H,14,15);4-6H,1-3H3,(H,13,14);1-6H3;1-3H,7H2;3H2,1-2H3;1H. The first-order valence-electron chi connectivity index (χ1n) is 35.7. The van der Waals surface area contributed by atoms with E-state index in [0.29, 0.717) is 55.7 Å². The van der Waals surface area contributed by atoms with Crippen LogP contribution in [0.3, 0.4) is 0 Å². The second kappa shape index (κ2) is 50.3. The Kier molecular flexibility index (Phi) is 45.0. The molecular formula is C84H106Cl5IN12O15. The zero-order valence-corrected chi connectivity index (χ0v) is 75.7. The fourth-order valence-corrected chi connectivity index (χ4v) is 9.44. The van der Waals surface area contributed by atoms with E-state index in [1.165, 1.54) is 31.7 Å². The van der Waals surface area contributed by atoms with Crippen molar-refractivity contribution in [3.05, 3.63) is 212 Å². The van der Waals surface area contributed by atoms with Crippen molar-refractivity contribution in [1.82, 2.24) is 29.9 Å². The highest BCUT2D eigenvalue weighted by Crippen LogP contribution is 2.32. The summed E-state index contributed by atoms with van der Waals surface area (Å²) in [5.41, 5.74) is 19.1. The van der Waals surface area contributed by atoms with E-state index in [1.54, 1.807) is 139 Å². The molecule has 3 aromatic carbocycles. The van der Waals surface area contributed by atoms with E-state index < -0.39 is 70.3 Å². The van der Waals surface area contributed by atoms with E-state index in [-0.39, 0.29) is 18.4 Å². The number of aromatic nitrogens is 6. The van der Waals surface area contributed by atoms with E-state index in [4.69, 9.17) is 86.3 Å². The molecule has 0 aliphatic rings. The Bertz CT molecular complexity index is 4420. The summed E-state index contributed by atoms with van der Waals surface area (Å²) in [4.78, 5) is 102. The molecule has 0 spiro atoms. The summed E-state index contributed by atoms with van der Waals surface area (Å²) in [6.07, 6.45) is 5.22. The summed E-state index contributed by atoms with van der Waals surface area (Å²) >= 11 is 24.8. The third kappa shape index (κ3) is 50.0. The molecule has 0 unspecified atom stereocenters. The number of carbonyl (C=O) groups excluding carboxylic acids is 7. The molecule has 0 atom stereocenters. The van der Waals surface area contributed by atoms with Gasteiger partial charge in [-0.15, -0.1) is 12.4 Å². The molecule has 27 nitrogen and oxygen atoms in total. The number of pyridine rings is 6. The lowest BCUT2D eigenvalue weighted by Gasteiger charge is -2.20. The van der Waals surface area contributed by atoms with Crippen molar-refractivity contribution in [2.75, 3.05) is 39.3 Å². The number of ether oxygens (including phenoxy) is 8. The molecule has 8 N–H and O–H groups in total. The van der Waals surface area contributed by atoms with Gasteiger partial charge in [-0.2, -0.15) is 0 Å². The van der Waals surface area contributed by atoms with Gasteiger partial charge in [-0.05, 0) is 233 Å². The van der Waals surface area contributed by atoms with Gasteiger partial charge in [0, 0.05) is 38.6 Å². The summed E-state index contributed by atoms with van der Waals surface area (Å²) in [6.45, 7) is 39.3. The molecule has 0 saturated heterocycles. The first-order valence-corrected chi connectivity index (χ1v) is 38.3. The summed E-state index contributed by atoms with van der Waals surface area (Å²) < 4.78 is 39.7. The SMILES string of the molecule is CC(C)(C)OC(=O)Nc1ccc(Cl)nc1.CC(C)(C)OC(=O)Nc1cnc(Cl)cc1-c1ccccc1.CC(C)(C)OC(=O)Nc1cnc(Cl)cc1I.CC(C)(C)OC(=O)OC(=O)OC(C)(C)C.CCOC(C)=O.Cc1cc(-c2ccccc2)c(N)cn1.Cc1cc(-c2ccccc2)c(NC(=O)OC(C)(C)C)cn1.Cl.Nc1ccc(Cl)nc1. The molecule has 0 saturated carbocycles. The van der Waals surface area contributed by atoms with Crippen LogP contribution in [0.2, 0.25) is 20.6 Å². The monoisotopic (exact) mass is 1820 g/mol. The number of aryl methyl sites for hydroxylation is 2. The number of anilines is 6. The van der Waals surface area contributed by atoms with Crippen LogP contribution in [-0.2, 0) is 42.7 Å². The molecule has 6 heterocycles. The van der Waals surface area contributed by atoms with Crippen molar-refractivity contribution in [3.8, 4) is 33.4 Å². The van der Waals surface area contributed by atoms with Gasteiger partial charge in [0.05, 0.1) is 77.9 Å². The Balaban J connectivity index is 0.000000682. The fourth-order valence-electron chi connectivity index (χ4n) is 8.15. The summed E-state index contributed by atoms with van der Waals surface area (Å²) in [6, 6.07) is 43.5. The second-order valence-electron chi connectivity index (χ2n) is 30.2. The second-order valence-corrected chi connectivity index (χ2v) is 32.9. The Morgan fingerprint density at radius 1 is 0.385 bits per heavy atom. The number of esters is 1. The van der Waals surface area contributed by atoms with Gasteiger partial charge in [0.1, 0.15) is 54.2 Å². The maximum atomic E-state index is 11.9. The van der Waals surface area contributed by atoms with Crippen molar-refractivity contribution in [2.24, 2.45) is 0 Å². The highest BCUT2D eigenvalue weighted by Gasteiger charge is 2.26. The van der Waals surface area contributed by atoms with Crippen LogP contribution < -0.4 is 32.7 Å². The summed E-state index contributed by atoms with van der Waals surface area (Å²) in [5.74, 6) is -0.211. The average molecular weight is 1830 g/mol. The first kappa shape index (κ1) is 105. The van der Waals surface area contributed by atoms with E-state index >= 15 is 0 Å². The molecule has 0 aliphatic heterocycles. The number of amides is 4. The number of benzene rings is 3. The largest absolute Gasteiger partial charge is 0.519 e. The van der Waals surface area contributed by atoms with Crippen molar-refractivity contribution in [2.45, 2.75) is 186 Å². The van der Waals surface area contributed by atoms with Crippen molar-refractivity contribution in [1.29, 1.82) is 0 Å². The Labute approximate surface area is 725 Å². The van der Waals surface area contributed by atoms with Crippen LogP contribution in [-0.4, -0.2) is 113 Å². The van der Waals surface area contributed by atoms with Gasteiger partial charge in [0.2, 0.25) is 0 Å². The number of nitrogens with zero attached hydrogens (tertiary/aromatic N) is 6. The van der Waals surface area contributed by atoms with Crippen LogP contribution >= 0.6 is 81.4 Å². The zero-order chi connectivity index (χ0) is 88.0. The number of nitrogens with one attached hydrogen (secondary N) is 4. The number of rotatable bonds is 8. The average Bonchev–Trinajstić information content (AvgIpc) is 0.834. The number of carbonyl (C=O) groups is 7. The highest BCUT2D eigenvalue weighted by molar-refractivity contribution is 14.1. The smallest absolute Gasteiger partial charge is 0.466 e. The van der Waals surface area contributed by atoms with Crippen LogP contribution in [0.4, 0.5) is 62.9 Å². The van der Waals surface area contributed by atoms with Crippen LogP contribution in [0.25, 0.3) is 33.4 Å².